The van der Waals surface area contributed by atoms with Crippen LogP contribution in [0.2, 0.25) is 0 Å². The van der Waals surface area contributed by atoms with E-state index in [-0.39, 0.29) is 30.1 Å². The van der Waals surface area contributed by atoms with Gasteiger partial charge in [-0.3, -0.25) is 9.59 Å². The highest BCUT2D eigenvalue weighted by Crippen LogP contribution is 2.19. The van der Waals surface area contributed by atoms with Gasteiger partial charge < -0.3 is 19.8 Å². The largest absolute Gasteiger partial charge is 0.484 e. The molecule has 6 heteroatoms. The Morgan fingerprint density at radius 3 is 2.59 bits per heavy atom. The Bertz CT molecular complexity index is 923. The third kappa shape index (κ3) is 5.97. The van der Waals surface area contributed by atoms with Gasteiger partial charge in [0.1, 0.15) is 5.75 Å². The van der Waals surface area contributed by atoms with Gasteiger partial charge >= 0.3 is 0 Å². The van der Waals surface area contributed by atoms with Gasteiger partial charge in [0.05, 0.1) is 6.26 Å². The highest BCUT2D eigenvalue weighted by Gasteiger charge is 2.12. The minimum atomic E-state index is -0.351. The Morgan fingerprint density at radius 2 is 1.86 bits per heavy atom. The molecule has 1 aromatic heterocycles. The van der Waals surface area contributed by atoms with Gasteiger partial charge in [-0.05, 0) is 36.2 Å². The number of hydrogen-bond donors (Lipinski definition) is 2. The molecule has 2 amide bonds. The van der Waals surface area contributed by atoms with Gasteiger partial charge in [0, 0.05) is 24.2 Å². The lowest BCUT2D eigenvalue weighted by atomic mass is 9.96. The van der Waals surface area contributed by atoms with Crippen LogP contribution in [-0.4, -0.2) is 25.0 Å². The summed E-state index contributed by atoms with van der Waals surface area (Å²) in [5.41, 5.74) is 1.76. The Labute approximate surface area is 169 Å². The van der Waals surface area contributed by atoms with Crippen molar-refractivity contribution < 1.29 is 18.7 Å². The second-order valence-corrected chi connectivity index (χ2v) is 6.57. The molecule has 0 saturated heterocycles. The number of amides is 2. The molecule has 29 heavy (non-hydrogen) atoms. The quantitative estimate of drug-likeness (QED) is 0.571. The van der Waals surface area contributed by atoms with Crippen LogP contribution in [0, 0.1) is 0 Å². The second kappa shape index (κ2) is 10.1. The fraction of sp³-hybridized carbons (Fsp3) is 0.217. The first-order chi connectivity index (χ1) is 14.2. The molecule has 0 unspecified atom stereocenters. The summed E-state index contributed by atoms with van der Waals surface area (Å²) in [5.74, 6) is 0.438. The number of rotatable bonds is 9. The minimum absolute atomic E-state index is 0.0964. The number of nitrogens with one attached hydrogen (secondary N) is 2. The SMILES string of the molecule is CC[C@H](CNC(=O)COc1cccc(NC(=O)c2ccco2)c1)c1ccccc1. The molecule has 3 aromatic rings. The third-order valence-corrected chi connectivity index (χ3v) is 4.52. The summed E-state index contributed by atoms with van der Waals surface area (Å²) < 4.78 is 10.6. The first-order valence-electron chi connectivity index (χ1n) is 9.55. The second-order valence-electron chi connectivity index (χ2n) is 6.57. The van der Waals surface area contributed by atoms with Gasteiger partial charge in [0.15, 0.2) is 12.4 Å². The van der Waals surface area contributed by atoms with Crippen LogP contribution in [0.3, 0.4) is 0 Å². The molecule has 0 bridgehead atoms. The Hall–Kier alpha value is -3.54. The van der Waals surface area contributed by atoms with Crippen LogP contribution in [0.1, 0.15) is 35.4 Å². The van der Waals surface area contributed by atoms with Crippen molar-refractivity contribution in [1.82, 2.24) is 5.32 Å². The molecule has 0 radical (unpaired) electrons. The minimum Gasteiger partial charge on any atom is -0.484 e. The summed E-state index contributed by atoms with van der Waals surface area (Å²) in [6, 6.07) is 20.2. The van der Waals surface area contributed by atoms with Gasteiger partial charge in [0.25, 0.3) is 11.8 Å². The molecule has 6 nitrogen and oxygen atoms in total. The molecule has 1 heterocycles. The van der Waals surface area contributed by atoms with Crippen LogP contribution in [0.25, 0.3) is 0 Å². The predicted molar refractivity (Wildman–Crippen MR) is 111 cm³/mol. The molecule has 0 fully saturated rings. The van der Waals surface area contributed by atoms with Crippen molar-refractivity contribution in [2.45, 2.75) is 19.3 Å². The highest BCUT2D eigenvalue weighted by atomic mass is 16.5. The number of benzene rings is 2. The van der Waals surface area contributed by atoms with Crippen molar-refractivity contribution in [2.24, 2.45) is 0 Å². The zero-order valence-electron chi connectivity index (χ0n) is 16.3. The zero-order chi connectivity index (χ0) is 20.5. The van der Waals surface area contributed by atoms with Crippen molar-refractivity contribution in [2.75, 3.05) is 18.5 Å². The highest BCUT2D eigenvalue weighted by molar-refractivity contribution is 6.02. The van der Waals surface area contributed by atoms with Crippen LogP contribution in [0.4, 0.5) is 5.69 Å². The van der Waals surface area contributed by atoms with Gasteiger partial charge in [0.2, 0.25) is 0 Å². The molecular formula is C23H24N2O4. The maximum atomic E-state index is 12.2. The summed E-state index contributed by atoms with van der Waals surface area (Å²) in [7, 11) is 0. The number of hydrogen-bond acceptors (Lipinski definition) is 4. The first-order valence-corrected chi connectivity index (χ1v) is 9.55. The number of anilines is 1. The molecule has 0 saturated carbocycles. The van der Waals surface area contributed by atoms with Crippen molar-refractivity contribution in [3.05, 3.63) is 84.3 Å². The molecule has 0 aliphatic carbocycles. The summed E-state index contributed by atoms with van der Waals surface area (Å²) in [6.07, 6.45) is 2.37. The van der Waals surface area contributed by atoms with Crippen LogP contribution >= 0.6 is 0 Å². The lowest BCUT2D eigenvalue weighted by Crippen LogP contribution is -2.32. The van der Waals surface area contributed by atoms with Gasteiger partial charge in [-0.2, -0.15) is 0 Å². The van der Waals surface area contributed by atoms with Crippen LogP contribution < -0.4 is 15.4 Å². The van der Waals surface area contributed by atoms with Crippen molar-refractivity contribution >= 4 is 17.5 Å². The van der Waals surface area contributed by atoms with Gasteiger partial charge in [-0.15, -0.1) is 0 Å². The van der Waals surface area contributed by atoms with Crippen LogP contribution in [-0.2, 0) is 4.79 Å². The summed E-state index contributed by atoms with van der Waals surface area (Å²) in [4.78, 5) is 24.2. The third-order valence-electron chi connectivity index (χ3n) is 4.52. The fourth-order valence-electron chi connectivity index (χ4n) is 2.92. The van der Waals surface area contributed by atoms with E-state index in [4.69, 9.17) is 9.15 Å². The van der Waals surface area contributed by atoms with E-state index in [0.29, 0.717) is 18.0 Å². The van der Waals surface area contributed by atoms with Gasteiger partial charge in [-0.25, -0.2) is 0 Å². The standard InChI is InChI=1S/C23H24N2O4/c1-2-17(18-8-4-3-5-9-18)15-24-22(26)16-29-20-11-6-10-19(14-20)25-23(27)21-12-7-13-28-21/h3-14,17H,2,15-16H2,1H3,(H,24,26)(H,25,27)/t17-/m1/s1. The topological polar surface area (TPSA) is 80.6 Å². The normalized spacial score (nSPS) is 11.5. The Balaban J connectivity index is 1.48. The van der Waals surface area contributed by atoms with E-state index >= 15 is 0 Å². The lowest BCUT2D eigenvalue weighted by molar-refractivity contribution is -0.123. The number of furan rings is 1. The molecular weight excluding hydrogens is 368 g/mol. The first kappa shape index (κ1) is 20.2. The average molecular weight is 392 g/mol. The van der Waals surface area contributed by atoms with Crippen molar-refractivity contribution in [1.29, 1.82) is 0 Å². The zero-order valence-corrected chi connectivity index (χ0v) is 16.3. The van der Waals surface area contributed by atoms with Crippen LogP contribution in [0.5, 0.6) is 5.75 Å². The summed E-state index contributed by atoms with van der Waals surface area (Å²) in [5, 5.41) is 5.65. The maximum Gasteiger partial charge on any atom is 0.291 e. The van der Waals surface area contributed by atoms with Crippen LogP contribution in [0.15, 0.2) is 77.4 Å². The summed E-state index contributed by atoms with van der Waals surface area (Å²) in [6.45, 7) is 2.56. The number of carbonyl (C=O) groups excluding carboxylic acids is 2. The molecule has 1 atom stereocenters. The van der Waals surface area contributed by atoms with Gasteiger partial charge in [-0.1, -0.05) is 43.3 Å². The molecule has 2 aromatic carbocycles. The van der Waals surface area contributed by atoms with E-state index in [2.05, 4.69) is 29.7 Å². The van der Waals surface area contributed by atoms with E-state index in [1.165, 1.54) is 11.8 Å². The van der Waals surface area contributed by atoms with E-state index in [0.717, 1.165) is 6.42 Å². The molecule has 150 valence electrons. The predicted octanol–water partition coefficient (Wildman–Crippen LogP) is 4.22. The summed E-state index contributed by atoms with van der Waals surface area (Å²) >= 11 is 0. The van der Waals surface area contributed by atoms with Crippen molar-refractivity contribution in [3.8, 4) is 5.75 Å². The number of carbonyl (C=O) groups is 2. The lowest BCUT2D eigenvalue weighted by Gasteiger charge is -2.16. The average Bonchev–Trinajstić information content (AvgIpc) is 3.29. The Kier molecular flexibility index (Phi) is 7.05. The molecule has 3 rings (SSSR count). The molecule has 0 spiro atoms. The van der Waals surface area contributed by atoms with E-state index < -0.39 is 0 Å². The maximum absolute atomic E-state index is 12.2. The van der Waals surface area contributed by atoms with E-state index in [9.17, 15) is 9.59 Å². The van der Waals surface area contributed by atoms with Crippen molar-refractivity contribution in [3.63, 3.8) is 0 Å². The smallest absolute Gasteiger partial charge is 0.291 e. The Morgan fingerprint density at radius 1 is 1.03 bits per heavy atom. The molecule has 0 aliphatic rings. The molecule has 0 aliphatic heterocycles. The fourth-order valence-corrected chi connectivity index (χ4v) is 2.92. The number of ether oxygens (including phenoxy) is 1. The monoisotopic (exact) mass is 392 g/mol. The molecule has 2 N–H and O–H groups in total. The van der Waals surface area contributed by atoms with E-state index in [1.807, 2.05) is 18.2 Å². The van der Waals surface area contributed by atoms with E-state index in [1.54, 1.807) is 36.4 Å².